The standard InChI is InChI=1S/C18H29N7/c1-13(2)25-16-11-17(19)21-12-15(16)18(22-25)24-7-3-14(4-8-24)23-9-5-20-6-10-23/h11-14,20H,3-10H2,1-2H3,(H2,19,21). The molecule has 0 aliphatic carbocycles. The van der Waals surface area contributed by atoms with Crippen molar-refractivity contribution in [1.82, 2.24) is 25.0 Å². The van der Waals surface area contributed by atoms with Gasteiger partial charge in [0.15, 0.2) is 5.82 Å². The molecule has 0 radical (unpaired) electrons. The number of hydrogen-bond acceptors (Lipinski definition) is 6. The van der Waals surface area contributed by atoms with Crippen LogP contribution in [0.2, 0.25) is 0 Å². The molecule has 2 aromatic heterocycles. The van der Waals surface area contributed by atoms with Crippen molar-refractivity contribution in [3.8, 4) is 0 Å². The van der Waals surface area contributed by atoms with Gasteiger partial charge in [-0.25, -0.2) is 4.98 Å². The lowest BCUT2D eigenvalue weighted by Crippen LogP contribution is -2.52. The molecule has 25 heavy (non-hydrogen) atoms. The molecule has 0 amide bonds. The van der Waals surface area contributed by atoms with Gasteiger partial charge in [0.25, 0.3) is 0 Å². The molecule has 7 nitrogen and oxygen atoms in total. The van der Waals surface area contributed by atoms with E-state index in [0.29, 0.717) is 17.9 Å². The van der Waals surface area contributed by atoms with Crippen molar-refractivity contribution in [3.05, 3.63) is 12.3 Å². The number of fused-ring (bicyclic) bond motifs is 1. The van der Waals surface area contributed by atoms with E-state index in [1.165, 1.54) is 25.9 Å². The zero-order valence-corrected chi connectivity index (χ0v) is 15.3. The van der Waals surface area contributed by atoms with Crippen LogP contribution in [0, 0.1) is 0 Å². The lowest BCUT2D eigenvalue weighted by molar-refractivity contribution is 0.150. The normalized spacial score (nSPS) is 20.7. The first-order chi connectivity index (χ1) is 12.1. The van der Waals surface area contributed by atoms with Crippen molar-refractivity contribution < 1.29 is 0 Å². The topological polar surface area (TPSA) is 75.2 Å². The molecule has 0 bridgehead atoms. The first-order valence-electron chi connectivity index (χ1n) is 9.47. The first-order valence-corrected chi connectivity index (χ1v) is 9.47. The first kappa shape index (κ1) is 16.6. The summed E-state index contributed by atoms with van der Waals surface area (Å²) < 4.78 is 2.07. The van der Waals surface area contributed by atoms with Crippen LogP contribution in [-0.4, -0.2) is 65.0 Å². The van der Waals surface area contributed by atoms with E-state index in [9.17, 15) is 0 Å². The number of piperazine rings is 1. The number of hydrogen-bond donors (Lipinski definition) is 2. The Labute approximate surface area is 149 Å². The Kier molecular flexibility index (Phi) is 4.52. The van der Waals surface area contributed by atoms with E-state index in [1.807, 2.05) is 12.3 Å². The maximum absolute atomic E-state index is 5.90. The lowest BCUT2D eigenvalue weighted by Gasteiger charge is -2.40. The highest BCUT2D eigenvalue weighted by Crippen LogP contribution is 2.31. The highest BCUT2D eigenvalue weighted by Gasteiger charge is 2.28. The fourth-order valence-corrected chi connectivity index (χ4v) is 4.15. The highest BCUT2D eigenvalue weighted by molar-refractivity contribution is 5.91. The fraction of sp³-hybridized carbons (Fsp3) is 0.667. The van der Waals surface area contributed by atoms with E-state index >= 15 is 0 Å². The van der Waals surface area contributed by atoms with Gasteiger partial charge in [0.05, 0.1) is 10.9 Å². The van der Waals surface area contributed by atoms with Crippen molar-refractivity contribution in [2.45, 2.75) is 38.8 Å². The summed E-state index contributed by atoms with van der Waals surface area (Å²) in [4.78, 5) is 9.39. The van der Waals surface area contributed by atoms with Crippen molar-refractivity contribution >= 4 is 22.5 Å². The van der Waals surface area contributed by atoms with Crippen LogP contribution in [0.1, 0.15) is 32.7 Å². The highest BCUT2D eigenvalue weighted by atomic mass is 15.4. The van der Waals surface area contributed by atoms with E-state index in [-0.39, 0.29) is 0 Å². The molecule has 7 heteroatoms. The third-order valence-electron chi connectivity index (χ3n) is 5.51. The Bertz CT molecular complexity index is 724. The Balaban J connectivity index is 1.54. The van der Waals surface area contributed by atoms with Gasteiger partial charge in [-0.05, 0) is 26.7 Å². The van der Waals surface area contributed by atoms with Crippen molar-refractivity contribution in [2.75, 3.05) is 49.9 Å². The molecule has 0 spiro atoms. The molecule has 0 aromatic carbocycles. The second kappa shape index (κ2) is 6.80. The summed E-state index contributed by atoms with van der Waals surface area (Å²) in [5.74, 6) is 1.62. The van der Waals surface area contributed by atoms with Gasteiger partial charge in [-0.15, -0.1) is 0 Å². The minimum atomic E-state index is 0.302. The molecule has 4 heterocycles. The summed E-state index contributed by atoms with van der Waals surface area (Å²) in [6, 6.07) is 2.96. The predicted molar refractivity (Wildman–Crippen MR) is 102 cm³/mol. The van der Waals surface area contributed by atoms with Crippen molar-refractivity contribution in [1.29, 1.82) is 0 Å². The predicted octanol–water partition coefficient (Wildman–Crippen LogP) is 1.47. The van der Waals surface area contributed by atoms with E-state index in [4.69, 9.17) is 10.8 Å². The number of aromatic nitrogens is 3. The van der Waals surface area contributed by atoms with Crippen LogP contribution in [-0.2, 0) is 0 Å². The fourth-order valence-electron chi connectivity index (χ4n) is 4.15. The number of nitrogens with two attached hydrogens (primary N) is 1. The molecule has 3 N–H and O–H groups in total. The summed E-state index contributed by atoms with van der Waals surface area (Å²) in [7, 11) is 0. The second-order valence-corrected chi connectivity index (χ2v) is 7.49. The number of piperidine rings is 1. The monoisotopic (exact) mass is 343 g/mol. The van der Waals surface area contributed by atoms with Gasteiger partial charge in [-0.3, -0.25) is 9.58 Å². The Morgan fingerprint density at radius 3 is 2.56 bits per heavy atom. The molecule has 0 saturated carbocycles. The van der Waals surface area contributed by atoms with Gasteiger partial charge in [-0.2, -0.15) is 5.10 Å². The zero-order valence-electron chi connectivity index (χ0n) is 15.3. The quantitative estimate of drug-likeness (QED) is 0.879. The number of anilines is 2. The van der Waals surface area contributed by atoms with Crippen LogP contribution in [0.25, 0.3) is 10.9 Å². The van der Waals surface area contributed by atoms with Gasteiger partial charge in [0.1, 0.15) is 5.82 Å². The summed E-state index contributed by atoms with van der Waals surface area (Å²) >= 11 is 0. The van der Waals surface area contributed by atoms with Crippen molar-refractivity contribution in [2.24, 2.45) is 0 Å². The minimum absolute atomic E-state index is 0.302. The molecule has 2 fully saturated rings. The Hall–Kier alpha value is -1.86. The van der Waals surface area contributed by atoms with Gasteiger partial charge >= 0.3 is 0 Å². The van der Waals surface area contributed by atoms with Crippen LogP contribution in [0.3, 0.4) is 0 Å². The molecular formula is C18H29N7. The summed E-state index contributed by atoms with van der Waals surface area (Å²) in [5, 5.41) is 9.47. The molecule has 0 atom stereocenters. The summed E-state index contributed by atoms with van der Waals surface area (Å²) in [5.41, 5.74) is 6.99. The maximum Gasteiger partial charge on any atom is 0.160 e. The van der Waals surface area contributed by atoms with E-state index in [1.54, 1.807) is 0 Å². The molecule has 2 aliphatic rings. The van der Waals surface area contributed by atoms with Crippen LogP contribution in [0.5, 0.6) is 0 Å². The molecule has 2 aromatic rings. The van der Waals surface area contributed by atoms with Crippen LogP contribution < -0.4 is 16.0 Å². The number of nitrogens with zero attached hydrogens (tertiary/aromatic N) is 5. The number of nitrogens with one attached hydrogen (secondary N) is 1. The van der Waals surface area contributed by atoms with Crippen LogP contribution in [0.15, 0.2) is 12.3 Å². The molecule has 0 unspecified atom stereocenters. The van der Waals surface area contributed by atoms with Gasteiger partial charge in [0.2, 0.25) is 0 Å². The number of rotatable bonds is 3. The number of pyridine rings is 1. The van der Waals surface area contributed by atoms with Crippen LogP contribution >= 0.6 is 0 Å². The van der Waals surface area contributed by atoms with Crippen molar-refractivity contribution in [3.63, 3.8) is 0 Å². The second-order valence-electron chi connectivity index (χ2n) is 7.49. The third-order valence-corrected chi connectivity index (χ3v) is 5.51. The zero-order chi connectivity index (χ0) is 17.4. The largest absolute Gasteiger partial charge is 0.384 e. The molecule has 4 rings (SSSR count). The molecule has 136 valence electrons. The van der Waals surface area contributed by atoms with E-state index in [2.05, 4.69) is 38.6 Å². The SMILES string of the molecule is CC(C)n1nc(N2CCC(N3CCNCC3)CC2)c2cnc(N)cc21. The molecule has 2 aliphatic heterocycles. The number of nitrogen functional groups attached to an aromatic ring is 1. The summed E-state index contributed by atoms with van der Waals surface area (Å²) in [6.45, 7) is 11.0. The van der Waals surface area contributed by atoms with Gasteiger partial charge < -0.3 is 16.0 Å². The average molecular weight is 343 g/mol. The molecule has 2 saturated heterocycles. The van der Waals surface area contributed by atoms with E-state index in [0.717, 1.165) is 42.9 Å². The molecular weight excluding hydrogens is 314 g/mol. The Morgan fingerprint density at radius 2 is 1.88 bits per heavy atom. The average Bonchev–Trinajstić information content (AvgIpc) is 3.01. The summed E-state index contributed by atoms with van der Waals surface area (Å²) in [6.07, 6.45) is 4.30. The van der Waals surface area contributed by atoms with E-state index < -0.39 is 0 Å². The Morgan fingerprint density at radius 1 is 1.16 bits per heavy atom. The smallest absolute Gasteiger partial charge is 0.160 e. The third kappa shape index (κ3) is 3.18. The lowest BCUT2D eigenvalue weighted by atomic mass is 10.0. The van der Waals surface area contributed by atoms with Gasteiger partial charge in [-0.1, -0.05) is 0 Å². The minimum Gasteiger partial charge on any atom is -0.384 e. The van der Waals surface area contributed by atoms with Gasteiger partial charge in [0, 0.05) is 63.6 Å². The van der Waals surface area contributed by atoms with Crippen LogP contribution in [0.4, 0.5) is 11.6 Å². The maximum atomic E-state index is 5.90.